The largest absolute Gasteiger partial charge is 0.493 e. The lowest BCUT2D eigenvalue weighted by atomic mass is 10.1. The van der Waals surface area contributed by atoms with E-state index in [0.717, 1.165) is 18.2 Å². The first kappa shape index (κ1) is 19.9. The van der Waals surface area contributed by atoms with Crippen LogP contribution in [0.1, 0.15) is 36.0 Å². The van der Waals surface area contributed by atoms with E-state index in [1.807, 2.05) is 12.1 Å². The number of ether oxygens (including phenoxy) is 2. The number of rotatable bonds is 8. The van der Waals surface area contributed by atoms with Crippen LogP contribution >= 0.6 is 0 Å². The fourth-order valence-corrected chi connectivity index (χ4v) is 3.36. The van der Waals surface area contributed by atoms with Gasteiger partial charge in [-0.3, -0.25) is 4.79 Å². The lowest BCUT2D eigenvalue weighted by Gasteiger charge is -2.13. The van der Waals surface area contributed by atoms with Crippen molar-refractivity contribution < 1.29 is 23.0 Å². The third-order valence-electron chi connectivity index (χ3n) is 4.85. The van der Waals surface area contributed by atoms with E-state index in [0.29, 0.717) is 5.69 Å². The Hall–Kier alpha value is -2.83. The van der Waals surface area contributed by atoms with Crippen molar-refractivity contribution >= 4 is 17.3 Å². The van der Waals surface area contributed by atoms with E-state index < -0.39 is 12.5 Å². The number of anilines is 2. The summed E-state index contributed by atoms with van der Waals surface area (Å²) in [6.07, 6.45) is 5.18. The molecule has 0 unspecified atom stereocenters. The van der Waals surface area contributed by atoms with Crippen molar-refractivity contribution in [3.8, 4) is 11.5 Å². The number of halogens is 2. The molecule has 7 heteroatoms. The van der Waals surface area contributed by atoms with Gasteiger partial charge in [-0.2, -0.15) is 8.78 Å². The molecular formula is C21H24F2N2O3. The number of carbonyl (C=O) groups excluding carboxylic acids is 1. The zero-order valence-electron chi connectivity index (χ0n) is 15.7. The Bertz CT molecular complexity index is 791. The fourth-order valence-electron chi connectivity index (χ4n) is 3.36. The molecule has 2 N–H and O–H groups in total. The average molecular weight is 390 g/mol. The Morgan fingerprint density at radius 1 is 1.07 bits per heavy atom. The summed E-state index contributed by atoms with van der Waals surface area (Å²) in [4.78, 5) is 12.4. The van der Waals surface area contributed by atoms with Crippen molar-refractivity contribution in [1.29, 1.82) is 0 Å². The average Bonchev–Trinajstić information content (AvgIpc) is 3.20. The monoisotopic (exact) mass is 390 g/mol. The zero-order valence-corrected chi connectivity index (χ0v) is 15.7. The minimum atomic E-state index is -3.00. The van der Waals surface area contributed by atoms with Gasteiger partial charge in [-0.25, -0.2) is 0 Å². The van der Waals surface area contributed by atoms with Crippen LogP contribution in [-0.4, -0.2) is 26.2 Å². The van der Waals surface area contributed by atoms with Crippen LogP contribution in [0.5, 0.6) is 11.5 Å². The van der Waals surface area contributed by atoms with Gasteiger partial charge >= 0.3 is 6.61 Å². The van der Waals surface area contributed by atoms with E-state index in [4.69, 9.17) is 4.74 Å². The fraction of sp³-hybridized carbons (Fsp3) is 0.381. The molecule has 3 rings (SSSR count). The van der Waals surface area contributed by atoms with E-state index in [1.165, 1.54) is 51.0 Å². The molecule has 1 saturated carbocycles. The summed E-state index contributed by atoms with van der Waals surface area (Å²) in [7, 11) is 1.34. The van der Waals surface area contributed by atoms with E-state index in [-0.39, 0.29) is 17.1 Å². The second-order valence-corrected chi connectivity index (χ2v) is 6.81. The zero-order chi connectivity index (χ0) is 19.9. The summed E-state index contributed by atoms with van der Waals surface area (Å²) >= 11 is 0. The van der Waals surface area contributed by atoms with Crippen LogP contribution in [0.25, 0.3) is 0 Å². The minimum absolute atomic E-state index is 0.134. The summed E-state index contributed by atoms with van der Waals surface area (Å²) < 4.78 is 34.5. The molecule has 0 bridgehead atoms. The molecule has 5 nitrogen and oxygen atoms in total. The van der Waals surface area contributed by atoms with Crippen LogP contribution in [0.15, 0.2) is 42.5 Å². The van der Waals surface area contributed by atoms with Gasteiger partial charge in [0, 0.05) is 23.5 Å². The Morgan fingerprint density at radius 3 is 2.39 bits per heavy atom. The highest BCUT2D eigenvalue weighted by atomic mass is 19.3. The number of hydrogen-bond donors (Lipinski definition) is 2. The van der Waals surface area contributed by atoms with E-state index in [2.05, 4.69) is 15.4 Å². The maximum atomic E-state index is 12.5. The first-order valence-electron chi connectivity index (χ1n) is 9.33. The van der Waals surface area contributed by atoms with Crippen molar-refractivity contribution in [2.45, 2.75) is 32.3 Å². The highest BCUT2D eigenvalue weighted by molar-refractivity contribution is 6.04. The first-order valence-corrected chi connectivity index (χ1v) is 9.33. The molecule has 0 heterocycles. The number of alkyl halides is 2. The summed E-state index contributed by atoms with van der Waals surface area (Å²) in [5.41, 5.74) is 1.81. The molecule has 0 spiro atoms. The number of amides is 1. The summed E-state index contributed by atoms with van der Waals surface area (Å²) in [6, 6.07) is 11.6. The second-order valence-electron chi connectivity index (χ2n) is 6.81. The normalized spacial score (nSPS) is 14.1. The third kappa shape index (κ3) is 5.34. The van der Waals surface area contributed by atoms with Gasteiger partial charge < -0.3 is 20.1 Å². The molecule has 28 heavy (non-hydrogen) atoms. The van der Waals surface area contributed by atoms with Crippen LogP contribution in [0.2, 0.25) is 0 Å². The molecule has 0 atom stereocenters. The topological polar surface area (TPSA) is 59.6 Å². The number of methoxy groups -OCH3 is 1. The van der Waals surface area contributed by atoms with E-state index in [1.54, 1.807) is 12.1 Å². The molecule has 1 amide bonds. The van der Waals surface area contributed by atoms with Crippen LogP contribution < -0.4 is 20.1 Å². The van der Waals surface area contributed by atoms with Crippen molar-refractivity contribution in [2.24, 2.45) is 5.92 Å². The van der Waals surface area contributed by atoms with Crippen LogP contribution in [0.4, 0.5) is 20.2 Å². The van der Waals surface area contributed by atoms with Crippen molar-refractivity contribution in [3.63, 3.8) is 0 Å². The Kier molecular flexibility index (Phi) is 6.68. The number of benzene rings is 2. The predicted molar refractivity (Wildman–Crippen MR) is 104 cm³/mol. The Balaban J connectivity index is 1.60. The molecular weight excluding hydrogens is 366 g/mol. The highest BCUT2D eigenvalue weighted by Crippen LogP contribution is 2.30. The van der Waals surface area contributed by atoms with Gasteiger partial charge in [-0.1, -0.05) is 12.8 Å². The van der Waals surface area contributed by atoms with Crippen molar-refractivity contribution in [1.82, 2.24) is 0 Å². The Morgan fingerprint density at radius 2 is 1.75 bits per heavy atom. The predicted octanol–water partition coefficient (Wildman–Crippen LogP) is 5.15. The van der Waals surface area contributed by atoms with Gasteiger partial charge in [-0.15, -0.1) is 0 Å². The maximum absolute atomic E-state index is 12.5. The SMILES string of the molecule is COc1ccc(C(=O)Nc2ccc(NCC3CCCC3)cc2)cc1OC(F)F. The molecule has 2 aromatic carbocycles. The molecule has 1 fully saturated rings. The lowest BCUT2D eigenvalue weighted by Crippen LogP contribution is -2.13. The Labute approximate surface area is 163 Å². The quantitative estimate of drug-likeness (QED) is 0.654. The standard InChI is InChI=1S/C21H24F2N2O3/c1-27-18-11-6-15(12-19(18)28-21(22)23)20(26)25-17-9-7-16(8-10-17)24-13-14-4-2-3-5-14/h6-12,14,21,24H,2-5,13H2,1H3,(H,25,26). The molecule has 0 aromatic heterocycles. The van der Waals surface area contributed by atoms with Gasteiger partial charge in [0.1, 0.15) is 0 Å². The first-order chi connectivity index (χ1) is 13.5. The second kappa shape index (κ2) is 9.39. The summed E-state index contributed by atoms with van der Waals surface area (Å²) in [5.74, 6) is 0.263. The number of hydrogen-bond acceptors (Lipinski definition) is 4. The van der Waals surface area contributed by atoms with Gasteiger partial charge in [0.2, 0.25) is 0 Å². The van der Waals surface area contributed by atoms with Gasteiger partial charge in [0.15, 0.2) is 11.5 Å². The molecule has 1 aliphatic carbocycles. The van der Waals surface area contributed by atoms with Crippen molar-refractivity contribution in [2.75, 3.05) is 24.3 Å². The molecule has 150 valence electrons. The maximum Gasteiger partial charge on any atom is 0.387 e. The number of nitrogens with one attached hydrogen (secondary N) is 2. The van der Waals surface area contributed by atoms with Crippen LogP contribution in [0, 0.1) is 5.92 Å². The highest BCUT2D eigenvalue weighted by Gasteiger charge is 2.16. The van der Waals surface area contributed by atoms with Crippen LogP contribution in [0.3, 0.4) is 0 Å². The minimum Gasteiger partial charge on any atom is -0.493 e. The van der Waals surface area contributed by atoms with Gasteiger partial charge in [0.05, 0.1) is 7.11 Å². The summed E-state index contributed by atoms with van der Waals surface area (Å²) in [6.45, 7) is -2.04. The van der Waals surface area contributed by atoms with E-state index >= 15 is 0 Å². The molecule has 0 radical (unpaired) electrons. The third-order valence-corrected chi connectivity index (χ3v) is 4.85. The van der Waals surface area contributed by atoms with Gasteiger partial charge in [0.25, 0.3) is 5.91 Å². The number of carbonyl (C=O) groups is 1. The molecule has 0 aliphatic heterocycles. The lowest BCUT2D eigenvalue weighted by molar-refractivity contribution is -0.0512. The molecule has 1 aliphatic rings. The van der Waals surface area contributed by atoms with E-state index in [9.17, 15) is 13.6 Å². The smallest absolute Gasteiger partial charge is 0.387 e. The molecule has 0 saturated heterocycles. The summed E-state index contributed by atoms with van der Waals surface area (Å²) in [5, 5.41) is 6.17. The molecule has 2 aromatic rings. The van der Waals surface area contributed by atoms with Gasteiger partial charge in [-0.05, 0) is 61.2 Å². The van der Waals surface area contributed by atoms with Crippen molar-refractivity contribution in [3.05, 3.63) is 48.0 Å². The van der Waals surface area contributed by atoms with Crippen LogP contribution in [-0.2, 0) is 0 Å².